The van der Waals surface area contributed by atoms with E-state index in [0.717, 1.165) is 37.8 Å². The summed E-state index contributed by atoms with van der Waals surface area (Å²) in [6, 6.07) is 9.85. The number of hydrogen-bond donors (Lipinski definition) is 1. The summed E-state index contributed by atoms with van der Waals surface area (Å²) in [7, 11) is 1.61. The first-order valence-electron chi connectivity index (χ1n) is 8.56. The molecule has 26 heavy (non-hydrogen) atoms. The van der Waals surface area contributed by atoms with E-state index in [4.69, 9.17) is 4.74 Å². The van der Waals surface area contributed by atoms with Gasteiger partial charge in [-0.25, -0.2) is 0 Å². The lowest BCUT2D eigenvalue weighted by Crippen LogP contribution is -2.49. The number of rotatable bonds is 6. The van der Waals surface area contributed by atoms with Gasteiger partial charge in [-0.2, -0.15) is 5.26 Å². The highest BCUT2D eigenvalue weighted by Gasteiger charge is 2.33. The van der Waals surface area contributed by atoms with E-state index in [-0.39, 0.29) is 11.7 Å². The molecule has 0 atom stereocenters. The van der Waals surface area contributed by atoms with Crippen LogP contribution in [0.25, 0.3) is 5.69 Å². The Balaban J connectivity index is 1.67. The number of thioether (sulfide) groups is 1. The van der Waals surface area contributed by atoms with Gasteiger partial charge >= 0.3 is 0 Å². The summed E-state index contributed by atoms with van der Waals surface area (Å²) in [5.74, 6) is 0.717. The molecule has 0 radical (unpaired) electrons. The fourth-order valence-corrected chi connectivity index (χ4v) is 3.89. The predicted molar refractivity (Wildman–Crippen MR) is 98.2 cm³/mol. The highest BCUT2D eigenvalue weighted by molar-refractivity contribution is 7.99. The van der Waals surface area contributed by atoms with Crippen LogP contribution in [0.2, 0.25) is 0 Å². The van der Waals surface area contributed by atoms with Crippen LogP contribution in [0.5, 0.6) is 5.75 Å². The fourth-order valence-electron chi connectivity index (χ4n) is 3.17. The predicted octanol–water partition coefficient (Wildman–Crippen LogP) is 2.71. The van der Waals surface area contributed by atoms with Crippen molar-refractivity contribution in [3.05, 3.63) is 30.6 Å². The van der Waals surface area contributed by atoms with Gasteiger partial charge in [-0.05, 0) is 25.0 Å². The number of amides is 1. The van der Waals surface area contributed by atoms with Crippen molar-refractivity contribution in [3.8, 4) is 17.5 Å². The second-order valence-electron chi connectivity index (χ2n) is 6.25. The van der Waals surface area contributed by atoms with E-state index in [1.807, 2.05) is 24.3 Å². The topological polar surface area (TPSA) is 92.8 Å². The fraction of sp³-hybridized carbons (Fsp3) is 0.444. The number of para-hydroxylation sites is 2. The lowest BCUT2D eigenvalue weighted by molar-refractivity contribution is -0.120. The molecule has 8 heteroatoms. The third-order valence-corrected chi connectivity index (χ3v) is 5.44. The first-order chi connectivity index (χ1) is 12.7. The maximum absolute atomic E-state index is 12.4. The van der Waals surface area contributed by atoms with Crippen molar-refractivity contribution in [3.63, 3.8) is 0 Å². The van der Waals surface area contributed by atoms with Crippen molar-refractivity contribution in [2.75, 3.05) is 12.9 Å². The second-order valence-corrected chi connectivity index (χ2v) is 7.19. The van der Waals surface area contributed by atoms with Crippen LogP contribution < -0.4 is 10.1 Å². The summed E-state index contributed by atoms with van der Waals surface area (Å²) < 4.78 is 7.17. The Labute approximate surface area is 156 Å². The van der Waals surface area contributed by atoms with Crippen molar-refractivity contribution in [2.24, 2.45) is 0 Å². The molecule has 1 saturated carbocycles. The maximum atomic E-state index is 12.4. The van der Waals surface area contributed by atoms with E-state index < -0.39 is 5.54 Å². The minimum Gasteiger partial charge on any atom is -0.495 e. The summed E-state index contributed by atoms with van der Waals surface area (Å²) in [4.78, 5) is 12.4. The molecule has 2 aromatic rings. The number of methoxy groups -OCH3 is 1. The van der Waals surface area contributed by atoms with Gasteiger partial charge < -0.3 is 10.1 Å². The summed E-state index contributed by atoms with van der Waals surface area (Å²) in [5, 5.41) is 21.1. The van der Waals surface area contributed by atoms with Crippen molar-refractivity contribution in [1.29, 1.82) is 5.26 Å². The van der Waals surface area contributed by atoms with E-state index in [9.17, 15) is 10.1 Å². The molecule has 0 bridgehead atoms. The van der Waals surface area contributed by atoms with Crippen molar-refractivity contribution in [1.82, 2.24) is 20.1 Å². The highest BCUT2D eigenvalue weighted by atomic mass is 32.2. The molecule has 7 nitrogen and oxygen atoms in total. The molecule has 0 saturated heterocycles. The summed E-state index contributed by atoms with van der Waals surface area (Å²) in [6.07, 6.45) is 6.10. The maximum Gasteiger partial charge on any atom is 0.231 e. The number of benzene rings is 1. The molecule has 1 heterocycles. The Bertz CT molecular complexity index is 808. The molecule has 1 amide bonds. The summed E-state index contributed by atoms with van der Waals surface area (Å²) in [6.45, 7) is 0. The van der Waals surface area contributed by atoms with E-state index in [0.29, 0.717) is 10.9 Å². The molecule has 3 rings (SSSR count). The molecule has 136 valence electrons. The average molecular weight is 371 g/mol. The lowest BCUT2D eigenvalue weighted by atomic mass is 9.83. The third-order valence-electron chi connectivity index (χ3n) is 4.49. The number of carbonyl (C=O) groups excluding carboxylic acids is 1. The average Bonchev–Trinajstić information content (AvgIpc) is 3.15. The molecule has 1 aliphatic rings. The van der Waals surface area contributed by atoms with E-state index >= 15 is 0 Å². The highest BCUT2D eigenvalue weighted by Crippen LogP contribution is 2.29. The number of ether oxygens (including phenoxy) is 1. The molecule has 1 fully saturated rings. The van der Waals surface area contributed by atoms with E-state index in [1.165, 1.54) is 11.8 Å². The summed E-state index contributed by atoms with van der Waals surface area (Å²) in [5.41, 5.74) is 0.0929. The number of aromatic nitrogens is 3. The Hall–Kier alpha value is -2.53. The number of nitriles is 1. The SMILES string of the molecule is COc1ccccc1-n1cnnc1SCC(=O)NC1(C#N)CCCCC1. The molecule has 0 aliphatic heterocycles. The monoisotopic (exact) mass is 371 g/mol. The van der Waals surface area contributed by atoms with Gasteiger partial charge in [0.15, 0.2) is 5.16 Å². The van der Waals surface area contributed by atoms with Crippen LogP contribution in [0.15, 0.2) is 35.7 Å². The molecule has 0 spiro atoms. The molecule has 0 unspecified atom stereocenters. The van der Waals surface area contributed by atoms with E-state index in [1.54, 1.807) is 18.0 Å². The second kappa shape index (κ2) is 8.23. The largest absolute Gasteiger partial charge is 0.495 e. The van der Waals surface area contributed by atoms with Crippen LogP contribution in [0.4, 0.5) is 0 Å². The van der Waals surface area contributed by atoms with Gasteiger partial charge in [0.05, 0.1) is 24.6 Å². The Morgan fingerprint density at radius 3 is 2.88 bits per heavy atom. The van der Waals surface area contributed by atoms with Crippen molar-refractivity contribution < 1.29 is 9.53 Å². The quantitative estimate of drug-likeness (QED) is 0.785. The van der Waals surface area contributed by atoms with Gasteiger partial charge in [-0.15, -0.1) is 10.2 Å². The van der Waals surface area contributed by atoms with Crippen molar-refractivity contribution in [2.45, 2.75) is 42.8 Å². The smallest absolute Gasteiger partial charge is 0.231 e. The molecule has 1 aromatic heterocycles. The van der Waals surface area contributed by atoms with Crippen molar-refractivity contribution >= 4 is 17.7 Å². The van der Waals surface area contributed by atoms with Crippen LogP contribution in [0, 0.1) is 11.3 Å². The van der Waals surface area contributed by atoms with Gasteiger partial charge in [0.2, 0.25) is 5.91 Å². The molecular formula is C18H21N5O2S. The Morgan fingerprint density at radius 1 is 1.38 bits per heavy atom. The summed E-state index contributed by atoms with van der Waals surface area (Å²) >= 11 is 1.29. The number of carbonyl (C=O) groups is 1. The Kier molecular flexibility index (Phi) is 5.78. The molecular weight excluding hydrogens is 350 g/mol. The van der Waals surface area contributed by atoms with Crippen LogP contribution >= 0.6 is 11.8 Å². The minimum atomic E-state index is -0.716. The first kappa shape index (κ1) is 18.3. The van der Waals surface area contributed by atoms with Crippen LogP contribution in [0.1, 0.15) is 32.1 Å². The molecule has 1 aliphatic carbocycles. The zero-order chi connectivity index (χ0) is 18.4. The third kappa shape index (κ3) is 3.99. The molecule has 1 aromatic carbocycles. The first-order valence-corrected chi connectivity index (χ1v) is 9.54. The number of nitrogens with zero attached hydrogens (tertiary/aromatic N) is 4. The zero-order valence-corrected chi connectivity index (χ0v) is 15.5. The molecule has 1 N–H and O–H groups in total. The normalized spacial score (nSPS) is 15.8. The van der Waals surface area contributed by atoms with Crippen LogP contribution in [0.3, 0.4) is 0 Å². The van der Waals surface area contributed by atoms with E-state index in [2.05, 4.69) is 21.6 Å². The number of hydrogen-bond acceptors (Lipinski definition) is 6. The number of nitrogens with one attached hydrogen (secondary N) is 1. The van der Waals surface area contributed by atoms with Crippen LogP contribution in [-0.4, -0.2) is 39.1 Å². The van der Waals surface area contributed by atoms with Crippen LogP contribution in [-0.2, 0) is 4.79 Å². The van der Waals surface area contributed by atoms with Gasteiger partial charge in [0.1, 0.15) is 17.6 Å². The van der Waals surface area contributed by atoms with Gasteiger partial charge in [-0.1, -0.05) is 43.2 Å². The Morgan fingerprint density at radius 2 is 2.15 bits per heavy atom. The van der Waals surface area contributed by atoms with Gasteiger partial charge in [-0.3, -0.25) is 9.36 Å². The standard InChI is InChI=1S/C18H21N5O2S/c1-25-15-8-4-3-7-14(15)23-13-20-22-17(23)26-11-16(24)21-18(12-19)9-5-2-6-10-18/h3-4,7-8,13H,2,5-6,9-11H2,1H3,(H,21,24). The van der Waals surface area contributed by atoms with Gasteiger partial charge in [0.25, 0.3) is 0 Å². The lowest BCUT2D eigenvalue weighted by Gasteiger charge is -2.31. The minimum absolute atomic E-state index is 0.159. The van der Waals surface area contributed by atoms with Gasteiger partial charge in [0, 0.05) is 0 Å². The zero-order valence-electron chi connectivity index (χ0n) is 14.6.